The Labute approximate surface area is 95.0 Å². The lowest BCUT2D eigenvalue weighted by molar-refractivity contribution is -0.131. The summed E-state index contributed by atoms with van der Waals surface area (Å²) < 4.78 is 5.66. The van der Waals surface area contributed by atoms with Gasteiger partial charge in [0.2, 0.25) is 0 Å². The standard InChI is InChI=1S/C10H9BrO4/c1-15-5-6-4-7(11)2-3-8(6)9(12)10(13)14/h2-4H,5H2,1H3,(H,13,14). The Hall–Kier alpha value is -1.20. The van der Waals surface area contributed by atoms with Gasteiger partial charge in [-0.25, -0.2) is 4.79 Å². The summed E-state index contributed by atoms with van der Waals surface area (Å²) in [5.74, 6) is -2.38. The summed E-state index contributed by atoms with van der Waals surface area (Å²) in [5.41, 5.74) is 0.715. The highest BCUT2D eigenvalue weighted by Gasteiger charge is 2.18. The van der Waals surface area contributed by atoms with Crippen LogP contribution >= 0.6 is 15.9 Å². The molecule has 1 rings (SSSR count). The number of methoxy groups -OCH3 is 1. The second kappa shape index (κ2) is 5.04. The molecule has 0 atom stereocenters. The molecular weight excluding hydrogens is 264 g/mol. The van der Waals surface area contributed by atoms with Crippen LogP contribution in [-0.4, -0.2) is 24.0 Å². The maximum Gasteiger partial charge on any atom is 0.377 e. The quantitative estimate of drug-likeness (QED) is 0.671. The van der Waals surface area contributed by atoms with Crippen molar-refractivity contribution in [1.29, 1.82) is 0 Å². The zero-order valence-electron chi connectivity index (χ0n) is 7.99. The van der Waals surface area contributed by atoms with Crippen LogP contribution in [0, 0.1) is 0 Å². The smallest absolute Gasteiger partial charge is 0.377 e. The highest BCUT2D eigenvalue weighted by Crippen LogP contribution is 2.18. The fourth-order valence-electron chi connectivity index (χ4n) is 1.17. The number of hydrogen-bond donors (Lipinski definition) is 1. The zero-order valence-corrected chi connectivity index (χ0v) is 9.58. The fraction of sp³-hybridized carbons (Fsp3) is 0.200. The number of carboxylic acid groups (broad SMARTS) is 1. The molecule has 0 aliphatic heterocycles. The van der Waals surface area contributed by atoms with Gasteiger partial charge in [-0.05, 0) is 23.8 Å². The molecule has 0 radical (unpaired) electrons. The first-order valence-corrected chi connectivity index (χ1v) is 4.90. The molecule has 1 N–H and O–H groups in total. The Bertz CT molecular complexity index is 400. The van der Waals surface area contributed by atoms with E-state index in [1.165, 1.54) is 13.2 Å². The number of ketones is 1. The van der Waals surface area contributed by atoms with Gasteiger partial charge in [0.05, 0.1) is 6.61 Å². The van der Waals surface area contributed by atoms with E-state index in [0.29, 0.717) is 5.56 Å². The number of rotatable bonds is 4. The molecule has 1 aromatic rings. The van der Waals surface area contributed by atoms with Crippen LogP contribution in [0.25, 0.3) is 0 Å². The van der Waals surface area contributed by atoms with Crippen molar-refractivity contribution in [3.05, 3.63) is 33.8 Å². The first kappa shape index (κ1) is 11.9. The molecule has 0 aliphatic carbocycles. The second-order valence-corrected chi connectivity index (χ2v) is 3.78. The highest BCUT2D eigenvalue weighted by atomic mass is 79.9. The molecule has 0 aliphatic rings. The summed E-state index contributed by atoms with van der Waals surface area (Å²) in [6, 6.07) is 4.75. The third-order valence-corrected chi connectivity index (χ3v) is 2.30. The topological polar surface area (TPSA) is 63.6 Å². The van der Waals surface area contributed by atoms with Crippen molar-refractivity contribution in [2.24, 2.45) is 0 Å². The highest BCUT2D eigenvalue weighted by molar-refractivity contribution is 9.10. The van der Waals surface area contributed by atoms with Gasteiger partial charge >= 0.3 is 5.97 Å². The van der Waals surface area contributed by atoms with E-state index in [1.807, 2.05) is 0 Å². The molecule has 0 unspecified atom stereocenters. The Kier molecular flexibility index (Phi) is 3.99. The van der Waals surface area contributed by atoms with E-state index in [2.05, 4.69) is 15.9 Å². The molecular formula is C10H9BrO4. The van der Waals surface area contributed by atoms with Gasteiger partial charge in [-0.3, -0.25) is 4.79 Å². The number of benzene rings is 1. The van der Waals surface area contributed by atoms with Crippen molar-refractivity contribution >= 4 is 27.7 Å². The lowest BCUT2D eigenvalue weighted by atomic mass is 10.0. The molecule has 0 aromatic heterocycles. The Morgan fingerprint density at radius 2 is 2.13 bits per heavy atom. The fourth-order valence-corrected chi connectivity index (χ4v) is 1.58. The second-order valence-electron chi connectivity index (χ2n) is 2.87. The number of Topliss-reactive ketones (excluding diaryl/α,β-unsaturated/α-hetero) is 1. The van der Waals surface area contributed by atoms with Gasteiger partial charge in [0.15, 0.2) is 0 Å². The monoisotopic (exact) mass is 272 g/mol. The number of carbonyl (C=O) groups excluding carboxylic acids is 1. The molecule has 0 spiro atoms. The molecule has 0 fully saturated rings. The van der Waals surface area contributed by atoms with E-state index in [9.17, 15) is 9.59 Å². The summed E-state index contributed by atoms with van der Waals surface area (Å²) in [6.45, 7) is 0.202. The van der Waals surface area contributed by atoms with Crippen LogP contribution in [0.5, 0.6) is 0 Å². The average Bonchev–Trinajstić information content (AvgIpc) is 2.17. The predicted molar refractivity (Wildman–Crippen MR) is 56.8 cm³/mol. The number of carbonyl (C=O) groups is 2. The number of ether oxygens (including phenoxy) is 1. The summed E-state index contributed by atoms with van der Waals surface area (Å²) >= 11 is 3.24. The minimum Gasteiger partial charge on any atom is -0.475 e. The lowest BCUT2D eigenvalue weighted by Crippen LogP contribution is -2.15. The molecule has 4 nitrogen and oxygen atoms in total. The molecule has 15 heavy (non-hydrogen) atoms. The Morgan fingerprint density at radius 3 is 2.67 bits per heavy atom. The van der Waals surface area contributed by atoms with Crippen LogP contribution in [0.1, 0.15) is 15.9 Å². The number of halogens is 1. The van der Waals surface area contributed by atoms with Gasteiger partial charge in [0.25, 0.3) is 5.78 Å². The van der Waals surface area contributed by atoms with Crippen LogP contribution in [0.15, 0.2) is 22.7 Å². The van der Waals surface area contributed by atoms with E-state index in [4.69, 9.17) is 9.84 Å². The average molecular weight is 273 g/mol. The van der Waals surface area contributed by atoms with Gasteiger partial charge in [0, 0.05) is 17.1 Å². The van der Waals surface area contributed by atoms with Crippen LogP contribution < -0.4 is 0 Å². The molecule has 0 heterocycles. The molecule has 0 saturated heterocycles. The van der Waals surface area contributed by atoms with E-state index in [1.54, 1.807) is 12.1 Å². The third kappa shape index (κ3) is 2.87. The largest absolute Gasteiger partial charge is 0.475 e. The van der Waals surface area contributed by atoms with Gasteiger partial charge in [-0.15, -0.1) is 0 Å². The van der Waals surface area contributed by atoms with Crippen LogP contribution in [0.3, 0.4) is 0 Å². The molecule has 1 aromatic carbocycles. The maximum absolute atomic E-state index is 11.3. The van der Waals surface area contributed by atoms with E-state index >= 15 is 0 Å². The lowest BCUT2D eigenvalue weighted by Gasteiger charge is -2.06. The first-order valence-electron chi connectivity index (χ1n) is 4.11. The number of carboxylic acids is 1. The molecule has 5 heteroatoms. The van der Waals surface area contributed by atoms with Crippen molar-refractivity contribution in [2.75, 3.05) is 7.11 Å². The van der Waals surface area contributed by atoms with Gasteiger partial charge < -0.3 is 9.84 Å². The summed E-state index contributed by atoms with van der Waals surface area (Å²) in [5, 5.41) is 8.60. The summed E-state index contributed by atoms with van der Waals surface area (Å²) in [7, 11) is 1.48. The summed E-state index contributed by atoms with van der Waals surface area (Å²) in [6.07, 6.45) is 0. The van der Waals surface area contributed by atoms with Crippen molar-refractivity contribution < 1.29 is 19.4 Å². The van der Waals surface area contributed by atoms with Crippen molar-refractivity contribution in [3.63, 3.8) is 0 Å². The number of hydrogen-bond acceptors (Lipinski definition) is 3. The van der Waals surface area contributed by atoms with E-state index < -0.39 is 11.8 Å². The maximum atomic E-state index is 11.3. The van der Waals surface area contributed by atoms with Gasteiger partial charge in [0.1, 0.15) is 0 Å². The Balaban J connectivity index is 3.16. The normalized spacial score (nSPS) is 10.0. The molecule has 0 bridgehead atoms. The number of aliphatic carboxylic acids is 1. The Morgan fingerprint density at radius 1 is 1.47 bits per heavy atom. The minimum absolute atomic E-state index is 0.160. The molecule has 0 saturated carbocycles. The van der Waals surface area contributed by atoms with Crippen molar-refractivity contribution in [2.45, 2.75) is 6.61 Å². The van der Waals surface area contributed by atoms with Crippen LogP contribution in [0.2, 0.25) is 0 Å². The predicted octanol–water partition coefficient (Wildman–Crippen LogP) is 1.86. The summed E-state index contributed by atoms with van der Waals surface area (Å²) in [4.78, 5) is 21.8. The first-order chi connectivity index (χ1) is 7.06. The van der Waals surface area contributed by atoms with Crippen molar-refractivity contribution in [1.82, 2.24) is 0 Å². The molecule has 80 valence electrons. The SMILES string of the molecule is COCc1cc(Br)ccc1C(=O)C(=O)O. The molecule has 0 amide bonds. The van der Waals surface area contributed by atoms with Crippen LogP contribution in [0.4, 0.5) is 0 Å². The van der Waals surface area contributed by atoms with E-state index in [-0.39, 0.29) is 12.2 Å². The van der Waals surface area contributed by atoms with E-state index in [0.717, 1.165) is 4.47 Å². The van der Waals surface area contributed by atoms with Crippen LogP contribution in [-0.2, 0) is 16.1 Å². The zero-order chi connectivity index (χ0) is 11.4. The van der Waals surface area contributed by atoms with Crippen molar-refractivity contribution in [3.8, 4) is 0 Å². The minimum atomic E-state index is -1.46. The third-order valence-electron chi connectivity index (χ3n) is 1.81. The van der Waals surface area contributed by atoms with Gasteiger partial charge in [-0.1, -0.05) is 15.9 Å². The van der Waals surface area contributed by atoms with Gasteiger partial charge in [-0.2, -0.15) is 0 Å².